The van der Waals surface area contributed by atoms with E-state index in [4.69, 9.17) is 16.3 Å². The Balaban J connectivity index is 0.883. The second kappa shape index (κ2) is 6.86. The molecular weight excluding hydrogens is 426 g/mol. The average Bonchev–Trinajstić information content (AvgIpc) is 3.62. The molecular formula is C24H28ClN5O2. The van der Waals surface area contributed by atoms with Crippen molar-refractivity contribution in [2.45, 2.75) is 62.5 Å². The summed E-state index contributed by atoms with van der Waals surface area (Å²) in [6.07, 6.45) is 9.04. The normalized spacial score (nSPS) is 24.8. The number of amides is 2. The molecule has 2 amide bonds. The molecule has 5 aliphatic rings. The van der Waals surface area contributed by atoms with E-state index in [2.05, 4.69) is 20.8 Å². The zero-order valence-corrected chi connectivity index (χ0v) is 18.9. The Labute approximate surface area is 192 Å². The van der Waals surface area contributed by atoms with Gasteiger partial charge in [-0.25, -0.2) is 14.5 Å². The standard InChI is InChI=1S/C24H28ClN5O2/c25-21-19(15-4-5-15)2-1-3-20(21)32-18-10-28(11-18)23(31)29-12-24(13-29)8-17(9-24)30-14-26-22(27-30)16-6-7-16/h1-3,14-18H,4-13H2. The third kappa shape index (κ3) is 3.19. The van der Waals surface area contributed by atoms with Crippen LogP contribution in [0.2, 0.25) is 5.02 Å². The van der Waals surface area contributed by atoms with Gasteiger partial charge >= 0.3 is 6.03 Å². The molecule has 1 spiro atoms. The van der Waals surface area contributed by atoms with Gasteiger partial charge in [0.15, 0.2) is 5.82 Å². The number of urea groups is 1. The minimum Gasteiger partial charge on any atom is -0.485 e. The van der Waals surface area contributed by atoms with Crippen molar-refractivity contribution >= 4 is 17.6 Å². The summed E-state index contributed by atoms with van der Waals surface area (Å²) in [5.41, 5.74) is 1.50. The minimum absolute atomic E-state index is 0.0298. The van der Waals surface area contributed by atoms with Crippen LogP contribution in [0.1, 0.15) is 67.8 Å². The van der Waals surface area contributed by atoms with Gasteiger partial charge in [0.05, 0.1) is 24.2 Å². The highest BCUT2D eigenvalue weighted by Crippen LogP contribution is 2.54. The van der Waals surface area contributed by atoms with E-state index in [-0.39, 0.29) is 12.1 Å². The van der Waals surface area contributed by atoms with Crippen LogP contribution in [0.25, 0.3) is 0 Å². The van der Waals surface area contributed by atoms with Crippen molar-refractivity contribution in [3.8, 4) is 5.75 Å². The van der Waals surface area contributed by atoms with Crippen LogP contribution in [-0.2, 0) is 0 Å². The first-order valence-corrected chi connectivity index (χ1v) is 12.3. The number of benzene rings is 1. The lowest BCUT2D eigenvalue weighted by molar-refractivity contribution is -0.0816. The Bertz CT molecular complexity index is 1060. The lowest BCUT2D eigenvalue weighted by Crippen LogP contribution is -2.69. The molecule has 1 aromatic carbocycles. The van der Waals surface area contributed by atoms with Crippen molar-refractivity contribution < 1.29 is 9.53 Å². The molecule has 5 fully saturated rings. The summed E-state index contributed by atoms with van der Waals surface area (Å²) in [6.45, 7) is 3.00. The zero-order chi connectivity index (χ0) is 21.4. The summed E-state index contributed by atoms with van der Waals surface area (Å²) in [6, 6.07) is 6.66. The third-order valence-electron chi connectivity index (χ3n) is 7.93. The number of hydrogen-bond donors (Lipinski definition) is 0. The van der Waals surface area contributed by atoms with Gasteiger partial charge in [-0.15, -0.1) is 0 Å². The van der Waals surface area contributed by atoms with Crippen molar-refractivity contribution in [1.29, 1.82) is 0 Å². The van der Waals surface area contributed by atoms with Gasteiger partial charge in [0.2, 0.25) is 0 Å². The van der Waals surface area contributed by atoms with Gasteiger partial charge in [-0.2, -0.15) is 5.10 Å². The van der Waals surface area contributed by atoms with Crippen LogP contribution >= 0.6 is 11.6 Å². The Hall–Kier alpha value is -2.28. The molecule has 32 heavy (non-hydrogen) atoms. The first-order chi connectivity index (χ1) is 15.6. The predicted octanol–water partition coefficient (Wildman–Crippen LogP) is 4.21. The average molecular weight is 454 g/mol. The van der Waals surface area contributed by atoms with E-state index >= 15 is 0 Å². The fourth-order valence-corrected chi connectivity index (χ4v) is 5.98. The molecule has 2 aliphatic heterocycles. The molecule has 0 radical (unpaired) electrons. The van der Waals surface area contributed by atoms with E-state index in [1.54, 1.807) is 0 Å². The number of carbonyl (C=O) groups excluding carboxylic acids is 1. The smallest absolute Gasteiger partial charge is 0.320 e. The molecule has 7 nitrogen and oxygen atoms in total. The molecule has 1 aromatic heterocycles. The Morgan fingerprint density at radius 3 is 2.53 bits per heavy atom. The van der Waals surface area contributed by atoms with Gasteiger partial charge in [0, 0.05) is 24.4 Å². The molecule has 2 aromatic rings. The van der Waals surface area contributed by atoms with Crippen molar-refractivity contribution in [3.63, 3.8) is 0 Å². The van der Waals surface area contributed by atoms with Crippen molar-refractivity contribution in [2.24, 2.45) is 5.41 Å². The van der Waals surface area contributed by atoms with Crippen molar-refractivity contribution in [3.05, 3.63) is 40.9 Å². The molecule has 168 valence electrons. The Morgan fingerprint density at radius 2 is 1.81 bits per heavy atom. The summed E-state index contributed by atoms with van der Waals surface area (Å²) in [5.74, 6) is 2.98. The van der Waals surface area contributed by atoms with E-state index in [0.29, 0.717) is 36.4 Å². The lowest BCUT2D eigenvalue weighted by atomic mass is 9.61. The predicted molar refractivity (Wildman–Crippen MR) is 119 cm³/mol. The molecule has 3 aliphatic carbocycles. The van der Waals surface area contributed by atoms with Crippen LogP contribution < -0.4 is 4.74 Å². The van der Waals surface area contributed by atoms with Crippen molar-refractivity contribution in [1.82, 2.24) is 24.6 Å². The molecule has 0 atom stereocenters. The van der Waals surface area contributed by atoms with E-state index in [9.17, 15) is 4.79 Å². The van der Waals surface area contributed by atoms with Crippen molar-refractivity contribution in [2.75, 3.05) is 26.2 Å². The largest absolute Gasteiger partial charge is 0.485 e. The molecule has 2 saturated heterocycles. The van der Waals surface area contributed by atoms with Gasteiger partial charge in [-0.3, -0.25) is 0 Å². The van der Waals surface area contributed by atoms with Crippen LogP contribution in [0.4, 0.5) is 4.79 Å². The molecule has 0 N–H and O–H groups in total. The SMILES string of the molecule is O=C(N1CC(Oc2cccc(C3CC3)c2Cl)C1)N1CC2(CC(n3cnc(C4CC4)n3)C2)C1. The number of aromatic nitrogens is 3. The highest BCUT2D eigenvalue weighted by atomic mass is 35.5. The molecule has 3 saturated carbocycles. The fourth-order valence-electron chi connectivity index (χ4n) is 5.65. The summed E-state index contributed by atoms with van der Waals surface area (Å²) >= 11 is 6.56. The molecule has 0 bridgehead atoms. The molecule has 7 rings (SSSR count). The number of likely N-dealkylation sites (tertiary alicyclic amines) is 2. The number of nitrogens with zero attached hydrogens (tertiary/aromatic N) is 5. The van der Waals surface area contributed by atoms with E-state index < -0.39 is 0 Å². The summed E-state index contributed by atoms with van der Waals surface area (Å²) in [7, 11) is 0. The maximum absolute atomic E-state index is 12.8. The Kier molecular flexibility index (Phi) is 4.12. The van der Waals surface area contributed by atoms with Crippen LogP contribution in [-0.4, -0.2) is 62.9 Å². The second-order valence-electron chi connectivity index (χ2n) is 10.6. The van der Waals surface area contributed by atoms with Gasteiger partial charge in [0.25, 0.3) is 0 Å². The fraction of sp³-hybridized carbons (Fsp3) is 0.625. The second-order valence-corrected chi connectivity index (χ2v) is 11.0. The summed E-state index contributed by atoms with van der Waals surface area (Å²) in [5, 5.41) is 5.43. The maximum atomic E-state index is 12.8. The quantitative estimate of drug-likeness (QED) is 0.680. The summed E-state index contributed by atoms with van der Waals surface area (Å²) in [4.78, 5) is 21.2. The van der Waals surface area contributed by atoms with Gasteiger partial charge < -0.3 is 14.5 Å². The van der Waals surface area contributed by atoms with Crippen LogP contribution in [0, 0.1) is 5.41 Å². The summed E-state index contributed by atoms with van der Waals surface area (Å²) < 4.78 is 8.17. The molecule has 0 unspecified atom stereocenters. The van der Waals surface area contributed by atoms with Crippen LogP contribution in [0.5, 0.6) is 5.75 Å². The molecule has 8 heteroatoms. The van der Waals surface area contributed by atoms with E-state index in [1.807, 2.05) is 28.3 Å². The maximum Gasteiger partial charge on any atom is 0.320 e. The first-order valence-electron chi connectivity index (χ1n) is 12.0. The molecule has 3 heterocycles. The third-order valence-corrected chi connectivity index (χ3v) is 8.33. The number of halogens is 1. The van der Waals surface area contributed by atoms with Gasteiger partial charge in [-0.1, -0.05) is 23.7 Å². The highest BCUT2D eigenvalue weighted by molar-refractivity contribution is 6.33. The first kappa shape index (κ1) is 19.2. The number of carbonyl (C=O) groups is 1. The van der Waals surface area contributed by atoms with Gasteiger partial charge in [-0.05, 0) is 56.1 Å². The lowest BCUT2D eigenvalue weighted by Gasteiger charge is -2.59. The highest BCUT2D eigenvalue weighted by Gasteiger charge is 2.55. The van der Waals surface area contributed by atoms with Gasteiger partial charge in [0.1, 0.15) is 18.2 Å². The zero-order valence-electron chi connectivity index (χ0n) is 18.1. The number of hydrogen-bond acceptors (Lipinski definition) is 4. The number of ether oxygens (including phenoxy) is 1. The number of rotatable bonds is 5. The topological polar surface area (TPSA) is 63.5 Å². The van der Waals surface area contributed by atoms with E-state index in [1.165, 1.54) is 31.2 Å². The Morgan fingerprint density at radius 1 is 1.06 bits per heavy atom. The monoisotopic (exact) mass is 453 g/mol. The van der Waals surface area contributed by atoms with E-state index in [0.717, 1.165) is 42.5 Å². The minimum atomic E-state index is 0.0298. The van der Waals surface area contributed by atoms with Crippen LogP contribution in [0.15, 0.2) is 24.5 Å². The van der Waals surface area contributed by atoms with Crippen LogP contribution in [0.3, 0.4) is 0 Å².